The summed E-state index contributed by atoms with van der Waals surface area (Å²) < 4.78 is 4.94. The number of carbonyl (C=O) groups excluding carboxylic acids is 1. The van der Waals surface area contributed by atoms with Gasteiger partial charge in [-0.2, -0.15) is 0 Å². The predicted molar refractivity (Wildman–Crippen MR) is 55.6 cm³/mol. The maximum absolute atomic E-state index is 11.4. The second kappa shape index (κ2) is 4.18. The molecule has 1 saturated heterocycles. The average molecular weight is 222 g/mol. The Kier molecular flexibility index (Phi) is 2.72. The third-order valence-corrected chi connectivity index (χ3v) is 2.31. The van der Waals surface area contributed by atoms with Gasteiger partial charge in [-0.1, -0.05) is 0 Å². The van der Waals surface area contributed by atoms with Crippen LogP contribution in [-0.2, 0) is 4.79 Å². The van der Waals surface area contributed by atoms with Crippen molar-refractivity contribution in [2.75, 3.05) is 6.54 Å². The van der Waals surface area contributed by atoms with Gasteiger partial charge in [-0.05, 0) is 25.0 Å². The second-order valence-corrected chi connectivity index (χ2v) is 3.46. The first-order valence-corrected chi connectivity index (χ1v) is 4.90. The van der Waals surface area contributed by atoms with Crippen molar-refractivity contribution in [2.24, 2.45) is 0 Å². The fourth-order valence-electron chi connectivity index (χ4n) is 1.54. The highest BCUT2D eigenvalue weighted by Crippen LogP contribution is 2.20. The zero-order chi connectivity index (χ0) is 11.5. The van der Waals surface area contributed by atoms with Crippen LogP contribution in [0.1, 0.15) is 18.6 Å². The molecule has 0 saturated carbocycles. The summed E-state index contributed by atoms with van der Waals surface area (Å²) >= 11 is 0. The molecule has 1 aromatic rings. The van der Waals surface area contributed by atoms with Crippen LogP contribution in [0.2, 0.25) is 0 Å². The van der Waals surface area contributed by atoms with Crippen LogP contribution in [0.4, 0.5) is 5.88 Å². The summed E-state index contributed by atoms with van der Waals surface area (Å²) in [5, 5.41) is 13.1. The molecule has 6 nitrogen and oxygen atoms in total. The number of nitrogens with zero attached hydrogens (tertiary/aromatic N) is 1. The predicted octanol–water partition coefficient (Wildman–Crippen LogP) is 1.48. The summed E-state index contributed by atoms with van der Waals surface area (Å²) in [5.41, 5.74) is 0.593. The van der Waals surface area contributed by atoms with Crippen molar-refractivity contribution in [3.05, 3.63) is 33.6 Å². The lowest BCUT2D eigenvalue weighted by Gasteiger charge is -2.13. The van der Waals surface area contributed by atoms with Gasteiger partial charge in [0.15, 0.2) is 0 Å². The molecule has 1 aliphatic heterocycles. The smallest absolute Gasteiger partial charge is 0.401 e. The Morgan fingerprint density at radius 3 is 2.94 bits per heavy atom. The molecule has 1 aliphatic rings. The lowest BCUT2D eigenvalue weighted by atomic mass is 10.1. The van der Waals surface area contributed by atoms with Gasteiger partial charge in [0.1, 0.15) is 10.7 Å². The molecule has 1 amide bonds. The minimum atomic E-state index is -0.608. The van der Waals surface area contributed by atoms with Crippen LogP contribution in [0, 0.1) is 10.1 Å². The molecular formula is C10H10N2O4. The lowest BCUT2D eigenvalue weighted by molar-refractivity contribution is -0.402. The second-order valence-electron chi connectivity index (χ2n) is 3.46. The molecule has 0 radical (unpaired) electrons. The quantitative estimate of drug-likeness (QED) is 0.466. The monoisotopic (exact) mass is 222 g/mol. The van der Waals surface area contributed by atoms with E-state index in [1.807, 2.05) is 0 Å². The number of rotatable bonds is 2. The van der Waals surface area contributed by atoms with E-state index in [-0.39, 0.29) is 11.8 Å². The fourth-order valence-corrected chi connectivity index (χ4v) is 1.54. The normalized spacial score (nSPS) is 18.5. The molecule has 2 heterocycles. The van der Waals surface area contributed by atoms with Crippen LogP contribution < -0.4 is 5.32 Å². The molecule has 6 heteroatoms. The molecule has 0 bridgehead atoms. The molecule has 1 aromatic heterocycles. The average Bonchev–Trinajstić information content (AvgIpc) is 2.70. The number of carbonyl (C=O) groups is 1. The highest BCUT2D eigenvalue weighted by atomic mass is 16.6. The summed E-state index contributed by atoms with van der Waals surface area (Å²) in [4.78, 5) is 21.2. The topological polar surface area (TPSA) is 85.4 Å². The number of nitrogens with one attached hydrogen (secondary N) is 1. The molecule has 0 aromatic carbocycles. The van der Waals surface area contributed by atoms with Crippen molar-refractivity contribution < 1.29 is 14.1 Å². The fraction of sp³-hybridized carbons (Fsp3) is 0.300. The van der Waals surface area contributed by atoms with Gasteiger partial charge >= 0.3 is 5.88 Å². The van der Waals surface area contributed by atoms with Crippen molar-refractivity contribution in [2.45, 2.75) is 12.8 Å². The first kappa shape index (κ1) is 10.4. The highest BCUT2D eigenvalue weighted by molar-refractivity contribution is 5.98. The third kappa shape index (κ3) is 2.10. The van der Waals surface area contributed by atoms with Gasteiger partial charge in [-0.15, -0.1) is 0 Å². The van der Waals surface area contributed by atoms with Crippen molar-refractivity contribution in [3.8, 4) is 0 Å². The Hall–Kier alpha value is -2.11. The van der Waals surface area contributed by atoms with Gasteiger partial charge < -0.3 is 9.73 Å². The van der Waals surface area contributed by atoms with E-state index in [2.05, 4.69) is 5.32 Å². The number of hydrogen-bond acceptors (Lipinski definition) is 4. The van der Waals surface area contributed by atoms with E-state index in [9.17, 15) is 14.9 Å². The highest BCUT2D eigenvalue weighted by Gasteiger charge is 2.16. The van der Waals surface area contributed by atoms with Crippen LogP contribution in [0.25, 0.3) is 6.08 Å². The van der Waals surface area contributed by atoms with E-state index in [0.29, 0.717) is 24.3 Å². The summed E-state index contributed by atoms with van der Waals surface area (Å²) in [5.74, 6) is -0.118. The Labute approximate surface area is 91.1 Å². The number of hydrogen-bond donors (Lipinski definition) is 1. The molecule has 1 fully saturated rings. The van der Waals surface area contributed by atoms with E-state index in [1.165, 1.54) is 12.1 Å². The summed E-state index contributed by atoms with van der Waals surface area (Å²) in [6.45, 7) is 0.675. The number of amides is 1. The number of nitro groups is 1. The van der Waals surface area contributed by atoms with E-state index in [4.69, 9.17) is 4.42 Å². The van der Waals surface area contributed by atoms with Crippen LogP contribution in [0.5, 0.6) is 0 Å². The van der Waals surface area contributed by atoms with E-state index < -0.39 is 4.92 Å². The molecule has 0 unspecified atom stereocenters. The third-order valence-electron chi connectivity index (χ3n) is 2.31. The van der Waals surface area contributed by atoms with Crippen LogP contribution in [0.3, 0.4) is 0 Å². The molecule has 0 atom stereocenters. The molecule has 0 aliphatic carbocycles. The van der Waals surface area contributed by atoms with Crippen molar-refractivity contribution in [1.29, 1.82) is 0 Å². The van der Waals surface area contributed by atoms with Gasteiger partial charge in [0, 0.05) is 12.1 Å². The largest absolute Gasteiger partial charge is 0.433 e. The molecule has 0 spiro atoms. The van der Waals surface area contributed by atoms with Crippen molar-refractivity contribution >= 4 is 17.9 Å². The van der Waals surface area contributed by atoms with Gasteiger partial charge in [0.25, 0.3) is 0 Å². The van der Waals surface area contributed by atoms with E-state index in [1.54, 1.807) is 6.08 Å². The Morgan fingerprint density at radius 2 is 2.31 bits per heavy atom. The summed E-state index contributed by atoms with van der Waals surface area (Å²) in [7, 11) is 0. The molecule has 84 valence electrons. The standard InChI is InChI=1S/C10H10N2O4/c13-10-7(2-1-5-11-10)6-8-3-4-9(16-8)12(14)15/h3-4,6H,1-2,5H2,(H,11,13)/b7-6+. The van der Waals surface area contributed by atoms with Crippen LogP contribution >= 0.6 is 0 Å². The van der Waals surface area contributed by atoms with E-state index >= 15 is 0 Å². The van der Waals surface area contributed by atoms with Crippen LogP contribution in [0.15, 0.2) is 22.1 Å². The minimum absolute atomic E-state index is 0.134. The maximum atomic E-state index is 11.4. The summed E-state index contributed by atoms with van der Waals surface area (Å²) in [6, 6.07) is 2.75. The van der Waals surface area contributed by atoms with Gasteiger partial charge in [-0.3, -0.25) is 14.9 Å². The van der Waals surface area contributed by atoms with Gasteiger partial charge in [0.2, 0.25) is 5.91 Å². The van der Waals surface area contributed by atoms with Crippen LogP contribution in [-0.4, -0.2) is 17.4 Å². The van der Waals surface area contributed by atoms with E-state index in [0.717, 1.165) is 6.42 Å². The SMILES string of the molecule is O=C1NCCC/C1=C\c1ccc([N+](=O)[O-])o1. The Balaban J connectivity index is 2.21. The molecule has 1 N–H and O–H groups in total. The van der Waals surface area contributed by atoms with Crippen molar-refractivity contribution in [3.63, 3.8) is 0 Å². The molecule has 16 heavy (non-hydrogen) atoms. The lowest BCUT2D eigenvalue weighted by Crippen LogP contribution is -2.30. The molecule has 2 rings (SSSR count). The van der Waals surface area contributed by atoms with Gasteiger partial charge in [-0.25, -0.2) is 0 Å². The van der Waals surface area contributed by atoms with Gasteiger partial charge in [0.05, 0.1) is 6.07 Å². The maximum Gasteiger partial charge on any atom is 0.433 e. The number of piperidine rings is 1. The number of furan rings is 1. The zero-order valence-corrected chi connectivity index (χ0v) is 8.43. The first-order valence-electron chi connectivity index (χ1n) is 4.90. The first-order chi connectivity index (χ1) is 7.66. The zero-order valence-electron chi connectivity index (χ0n) is 8.43. The summed E-state index contributed by atoms with van der Waals surface area (Å²) in [6.07, 6.45) is 3.09. The Morgan fingerprint density at radius 1 is 1.50 bits per heavy atom. The van der Waals surface area contributed by atoms with Crippen molar-refractivity contribution in [1.82, 2.24) is 5.32 Å². The minimum Gasteiger partial charge on any atom is -0.401 e. The Bertz CT molecular complexity index is 461. The molecular weight excluding hydrogens is 212 g/mol.